The standard InChI is InChI=1S/C13H20N4O2/c1-16(11-4-5-11)8-7-14-13(19)15-10-3-6-12(18)17(2)9-10/h3,6,9,11H,4-5,7-8H2,1-2H3,(H2,14,15,19). The van der Waals surface area contributed by atoms with Gasteiger partial charge in [-0.15, -0.1) is 0 Å². The number of likely N-dealkylation sites (N-methyl/N-ethyl adjacent to an activating group) is 1. The Bertz CT molecular complexity index is 508. The molecule has 0 bridgehead atoms. The third kappa shape index (κ3) is 4.10. The summed E-state index contributed by atoms with van der Waals surface area (Å²) in [5.74, 6) is 0. The highest BCUT2D eigenvalue weighted by atomic mass is 16.2. The van der Waals surface area contributed by atoms with Crippen LogP contribution in [0.25, 0.3) is 0 Å². The van der Waals surface area contributed by atoms with E-state index in [9.17, 15) is 9.59 Å². The molecule has 0 atom stereocenters. The number of carbonyl (C=O) groups excluding carboxylic acids is 1. The number of anilines is 1. The molecular weight excluding hydrogens is 244 g/mol. The Hall–Kier alpha value is -1.82. The van der Waals surface area contributed by atoms with Gasteiger partial charge >= 0.3 is 6.03 Å². The summed E-state index contributed by atoms with van der Waals surface area (Å²) >= 11 is 0. The van der Waals surface area contributed by atoms with Gasteiger partial charge in [-0.05, 0) is 26.0 Å². The van der Waals surface area contributed by atoms with E-state index in [0.29, 0.717) is 18.3 Å². The second kappa shape index (κ2) is 5.88. The van der Waals surface area contributed by atoms with Gasteiger partial charge < -0.3 is 20.1 Å². The molecule has 1 saturated carbocycles. The molecular formula is C13H20N4O2. The van der Waals surface area contributed by atoms with Crippen molar-refractivity contribution in [3.8, 4) is 0 Å². The lowest BCUT2D eigenvalue weighted by Crippen LogP contribution is -2.36. The van der Waals surface area contributed by atoms with Gasteiger partial charge in [-0.3, -0.25) is 4.79 Å². The average Bonchev–Trinajstić information content (AvgIpc) is 3.18. The van der Waals surface area contributed by atoms with E-state index < -0.39 is 0 Å². The van der Waals surface area contributed by atoms with Crippen LogP contribution in [0.5, 0.6) is 0 Å². The first kappa shape index (κ1) is 13.6. The first-order valence-corrected chi connectivity index (χ1v) is 6.48. The molecule has 0 unspecified atom stereocenters. The summed E-state index contributed by atoms with van der Waals surface area (Å²) in [6, 6.07) is 3.48. The van der Waals surface area contributed by atoms with Gasteiger partial charge in [0, 0.05) is 38.4 Å². The predicted molar refractivity (Wildman–Crippen MR) is 74.4 cm³/mol. The largest absolute Gasteiger partial charge is 0.337 e. The molecule has 6 heteroatoms. The molecule has 0 aliphatic heterocycles. The number of rotatable bonds is 5. The molecule has 6 nitrogen and oxygen atoms in total. The van der Waals surface area contributed by atoms with Crippen LogP contribution in [-0.2, 0) is 7.05 Å². The summed E-state index contributed by atoms with van der Waals surface area (Å²) in [6.07, 6.45) is 4.12. The van der Waals surface area contributed by atoms with Crippen LogP contribution < -0.4 is 16.2 Å². The van der Waals surface area contributed by atoms with Crippen molar-refractivity contribution in [3.05, 3.63) is 28.7 Å². The highest BCUT2D eigenvalue weighted by Crippen LogP contribution is 2.24. The fraction of sp³-hybridized carbons (Fsp3) is 0.538. The number of pyridine rings is 1. The van der Waals surface area contributed by atoms with Gasteiger partial charge in [-0.2, -0.15) is 0 Å². The zero-order valence-electron chi connectivity index (χ0n) is 11.3. The Morgan fingerprint density at radius 1 is 1.47 bits per heavy atom. The maximum atomic E-state index is 11.6. The Kier molecular flexibility index (Phi) is 4.21. The minimum absolute atomic E-state index is 0.1000. The Labute approximate surface area is 112 Å². The first-order chi connectivity index (χ1) is 9.06. The van der Waals surface area contributed by atoms with Gasteiger partial charge in [0.15, 0.2) is 0 Å². The summed E-state index contributed by atoms with van der Waals surface area (Å²) in [6.45, 7) is 1.47. The van der Waals surface area contributed by atoms with E-state index in [0.717, 1.165) is 6.54 Å². The number of nitrogens with zero attached hydrogens (tertiary/aromatic N) is 2. The second-order valence-electron chi connectivity index (χ2n) is 4.96. The molecule has 0 saturated heterocycles. The van der Waals surface area contributed by atoms with Crippen molar-refractivity contribution in [2.45, 2.75) is 18.9 Å². The van der Waals surface area contributed by atoms with Gasteiger partial charge in [-0.1, -0.05) is 0 Å². The fourth-order valence-corrected chi connectivity index (χ4v) is 1.89. The quantitative estimate of drug-likeness (QED) is 0.818. The molecule has 2 rings (SSSR count). The van der Waals surface area contributed by atoms with Gasteiger partial charge in [-0.25, -0.2) is 4.79 Å². The zero-order valence-corrected chi connectivity index (χ0v) is 11.3. The Morgan fingerprint density at radius 2 is 2.21 bits per heavy atom. The molecule has 1 aromatic heterocycles. The van der Waals surface area contributed by atoms with E-state index in [1.54, 1.807) is 19.3 Å². The molecule has 104 valence electrons. The van der Waals surface area contributed by atoms with Gasteiger partial charge in [0.05, 0.1) is 5.69 Å². The van der Waals surface area contributed by atoms with E-state index in [1.807, 2.05) is 0 Å². The van der Waals surface area contributed by atoms with Gasteiger partial charge in [0.2, 0.25) is 5.56 Å². The van der Waals surface area contributed by atoms with Crippen molar-refractivity contribution in [1.82, 2.24) is 14.8 Å². The maximum Gasteiger partial charge on any atom is 0.319 e. The lowest BCUT2D eigenvalue weighted by atomic mass is 10.4. The zero-order chi connectivity index (χ0) is 13.8. The van der Waals surface area contributed by atoms with Crippen LogP contribution in [0.15, 0.2) is 23.1 Å². The van der Waals surface area contributed by atoms with Crippen molar-refractivity contribution >= 4 is 11.7 Å². The predicted octanol–water partition coefficient (Wildman–Crippen LogP) is 0.601. The van der Waals surface area contributed by atoms with Crippen LogP contribution in [0.4, 0.5) is 10.5 Å². The third-order valence-corrected chi connectivity index (χ3v) is 3.26. The van der Waals surface area contributed by atoms with Crippen molar-refractivity contribution in [3.63, 3.8) is 0 Å². The van der Waals surface area contributed by atoms with E-state index in [-0.39, 0.29) is 11.6 Å². The molecule has 1 heterocycles. The van der Waals surface area contributed by atoms with Crippen LogP contribution in [0, 0.1) is 0 Å². The van der Waals surface area contributed by atoms with E-state index in [4.69, 9.17) is 0 Å². The molecule has 0 spiro atoms. The van der Waals surface area contributed by atoms with Crippen molar-refractivity contribution in [2.24, 2.45) is 7.05 Å². The van der Waals surface area contributed by atoms with E-state index in [1.165, 1.54) is 23.5 Å². The van der Waals surface area contributed by atoms with Gasteiger partial charge in [0.1, 0.15) is 0 Å². The van der Waals surface area contributed by atoms with E-state index in [2.05, 4.69) is 22.6 Å². The van der Waals surface area contributed by atoms with Crippen LogP contribution in [-0.4, -0.2) is 41.7 Å². The van der Waals surface area contributed by atoms with Gasteiger partial charge in [0.25, 0.3) is 0 Å². The summed E-state index contributed by atoms with van der Waals surface area (Å²) in [5.41, 5.74) is 0.507. The molecule has 0 aromatic carbocycles. The Balaban J connectivity index is 1.74. The number of amides is 2. The number of aromatic nitrogens is 1. The molecule has 2 amide bonds. The highest BCUT2D eigenvalue weighted by Gasteiger charge is 2.25. The average molecular weight is 264 g/mol. The topological polar surface area (TPSA) is 66.4 Å². The summed E-state index contributed by atoms with van der Waals surface area (Å²) in [7, 11) is 3.72. The van der Waals surface area contributed by atoms with Crippen molar-refractivity contribution in [1.29, 1.82) is 0 Å². The number of nitrogens with one attached hydrogen (secondary N) is 2. The normalized spacial score (nSPS) is 14.5. The maximum absolute atomic E-state index is 11.6. The lowest BCUT2D eigenvalue weighted by Gasteiger charge is -2.16. The molecule has 0 radical (unpaired) electrons. The minimum Gasteiger partial charge on any atom is -0.337 e. The van der Waals surface area contributed by atoms with E-state index >= 15 is 0 Å². The first-order valence-electron chi connectivity index (χ1n) is 6.48. The Morgan fingerprint density at radius 3 is 2.84 bits per heavy atom. The minimum atomic E-state index is -0.247. The van der Waals surface area contributed by atoms with Crippen LogP contribution in [0.3, 0.4) is 0 Å². The van der Waals surface area contributed by atoms with Crippen LogP contribution in [0.1, 0.15) is 12.8 Å². The summed E-state index contributed by atoms with van der Waals surface area (Å²) in [4.78, 5) is 25.1. The highest BCUT2D eigenvalue weighted by molar-refractivity contribution is 5.88. The summed E-state index contributed by atoms with van der Waals surface area (Å²) < 4.78 is 1.43. The van der Waals surface area contributed by atoms with Crippen LogP contribution in [0.2, 0.25) is 0 Å². The summed E-state index contributed by atoms with van der Waals surface area (Å²) in [5, 5.41) is 5.50. The molecule has 19 heavy (non-hydrogen) atoms. The lowest BCUT2D eigenvalue weighted by molar-refractivity contribution is 0.249. The monoisotopic (exact) mass is 264 g/mol. The third-order valence-electron chi connectivity index (χ3n) is 3.26. The number of carbonyl (C=O) groups is 1. The second-order valence-corrected chi connectivity index (χ2v) is 4.96. The molecule has 1 aromatic rings. The SMILES string of the molecule is CN(CCNC(=O)Nc1ccc(=O)n(C)c1)C1CC1. The number of urea groups is 1. The molecule has 1 aliphatic carbocycles. The molecule has 2 N–H and O–H groups in total. The number of hydrogen-bond donors (Lipinski definition) is 2. The smallest absolute Gasteiger partial charge is 0.319 e. The number of aryl methyl sites for hydroxylation is 1. The fourth-order valence-electron chi connectivity index (χ4n) is 1.89. The van der Waals surface area contributed by atoms with Crippen LogP contribution >= 0.6 is 0 Å². The van der Waals surface area contributed by atoms with Crippen molar-refractivity contribution < 1.29 is 4.79 Å². The molecule has 1 fully saturated rings. The molecule has 1 aliphatic rings. The van der Waals surface area contributed by atoms with Crippen molar-refractivity contribution in [2.75, 3.05) is 25.5 Å². The number of hydrogen-bond acceptors (Lipinski definition) is 3.